The smallest absolute Gasteiger partial charge is 0.137 e. The molecule has 360 valence electrons. The van der Waals surface area contributed by atoms with E-state index < -0.39 is 0 Å². The third-order valence-electron chi connectivity index (χ3n) is 14.4. The van der Waals surface area contributed by atoms with Gasteiger partial charge in [-0.15, -0.1) is 0 Å². The Bertz CT molecular complexity index is 4160. The van der Waals surface area contributed by atoms with E-state index in [1.54, 1.807) is 6.07 Å². The number of nitrogens with zero attached hydrogens (tertiary/aromatic N) is 4. The van der Waals surface area contributed by atoms with E-state index in [-0.39, 0.29) is 29.3 Å². The number of pyridine rings is 1. The number of ether oxygens (including phenoxy) is 1. The number of fused-ring (bicyclic) bond motifs is 4. The highest BCUT2D eigenvalue weighted by molar-refractivity contribution is 6.12. The molecule has 5 nitrogen and oxygen atoms in total. The molecule has 0 amide bonds. The lowest BCUT2D eigenvalue weighted by Crippen LogP contribution is -2.24. The van der Waals surface area contributed by atoms with Gasteiger partial charge in [-0.25, -0.2) is 4.98 Å². The van der Waals surface area contributed by atoms with Crippen molar-refractivity contribution in [1.29, 1.82) is 0 Å². The first kappa shape index (κ1) is 42.1. The summed E-state index contributed by atoms with van der Waals surface area (Å²) in [6, 6.07) is 81.1. The van der Waals surface area contributed by atoms with E-state index in [0.717, 1.165) is 100 Å². The van der Waals surface area contributed by atoms with Crippen molar-refractivity contribution in [3.8, 4) is 73.0 Å². The van der Waals surface area contributed by atoms with Crippen molar-refractivity contribution in [3.63, 3.8) is 0 Å². The van der Waals surface area contributed by atoms with E-state index in [2.05, 4.69) is 211 Å². The minimum Gasteiger partial charge on any atom is -0.457 e. The molecule has 0 spiro atoms. The lowest BCUT2D eigenvalue weighted by atomic mass is 9.82. The van der Waals surface area contributed by atoms with Gasteiger partial charge >= 0.3 is 0 Å². The summed E-state index contributed by atoms with van der Waals surface area (Å²) in [5.74, 6) is 1.44. The Kier molecular flexibility index (Phi) is 10.6. The van der Waals surface area contributed by atoms with Crippen molar-refractivity contribution in [2.45, 2.75) is 26.2 Å². The molecule has 0 radical (unpaired) electrons. The average Bonchev–Trinajstić information content (AvgIpc) is 4.26. The van der Waals surface area contributed by atoms with Crippen LogP contribution < -0.4 is 14.5 Å². The standard InChI is InChI=1S/C70H54N4O/c1-70(2,3)62-44-68(71-46-61(62)52-31-17-8-18-32-52)74-63-40-39-53(48-23-9-4-10-24-48)41-59(63)60-43-58(51-29-15-7-16-30-51)67(45-66(60)74)75-55-34-21-33-54(42-55)72-47-73(65-38-20-19-37-64(65)72)69-56(49-25-11-5-12-26-49)35-22-36-57(69)50-27-13-6-14-28-50/h4-46H,47H2,1-3H3/i21D,33D,34D. The number of hydrogen-bond acceptors (Lipinski definition) is 4. The van der Waals surface area contributed by atoms with Crippen molar-refractivity contribution in [2.75, 3.05) is 16.5 Å². The summed E-state index contributed by atoms with van der Waals surface area (Å²) < 4.78 is 38.0. The maximum Gasteiger partial charge on any atom is 0.137 e. The first-order valence-electron chi connectivity index (χ1n) is 27.0. The zero-order valence-electron chi connectivity index (χ0n) is 45.0. The molecule has 0 saturated carbocycles. The highest BCUT2D eigenvalue weighted by atomic mass is 16.5. The van der Waals surface area contributed by atoms with Gasteiger partial charge in [0.2, 0.25) is 0 Å². The van der Waals surface area contributed by atoms with Gasteiger partial charge < -0.3 is 14.5 Å². The number of anilines is 4. The molecule has 0 atom stereocenters. The van der Waals surface area contributed by atoms with E-state index in [0.29, 0.717) is 18.1 Å². The summed E-state index contributed by atoms with van der Waals surface area (Å²) in [6.07, 6.45) is 2.00. The fourth-order valence-corrected chi connectivity index (χ4v) is 10.9. The molecular weight excluding hydrogens is 913 g/mol. The fraction of sp³-hybridized carbons (Fsp3) is 0.0714. The average molecular weight is 970 g/mol. The van der Waals surface area contributed by atoms with Crippen molar-refractivity contribution >= 4 is 44.6 Å². The Balaban J connectivity index is 0.995. The van der Waals surface area contributed by atoms with Gasteiger partial charge in [-0.2, -0.15) is 0 Å². The molecule has 0 aliphatic carbocycles. The number of hydrogen-bond donors (Lipinski definition) is 0. The van der Waals surface area contributed by atoms with Crippen LogP contribution in [0.5, 0.6) is 11.5 Å². The Morgan fingerprint density at radius 1 is 0.453 bits per heavy atom. The Hall–Kier alpha value is -9.45. The quantitative estimate of drug-likeness (QED) is 0.137. The third kappa shape index (κ3) is 8.38. The Morgan fingerprint density at radius 3 is 1.59 bits per heavy atom. The van der Waals surface area contributed by atoms with Gasteiger partial charge in [-0.3, -0.25) is 4.57 Å². The molecule has 0 saturated heterocycles. The molecule has 12 aromatic rings. The van der Waals surface area contributed by atoms with Gasteiger partial charge in [-0.1, -0.05) is 215 Å². The topological polar surface area (TPSA) is 33.5 Å². The van der Waals surface area contributed by atoms with Gasteiger partial charge in [0.15, 0.2) is 0 Å². The molecule has 0 N–H and O–H groups in total. The third-order valence-corrected chi connectivity index (χ3v) is 14.4. The summed E-state index contributed by atoms with van der Waals surface area (Å²) >= 11 is 0. The summed E-state index contributed by atoms with van der Waals surface area (Å²) in [7, 11) is 0. The maximum atomic E-state index is 9.59. The zero-order chi connectivity index (χ0) is 53.1. The van der Waals surface area contributed by atoms with Crippen LogP contribution in [-0.4, -0.2) is 16.2 Å². The SMILES string of the molecule is [2H]c1c(Oc2cc3c(cc2-c2ccccc2)c2cc(-c4ccccc4)ccc2n3-c2cc(C(C)(C)C)c(-c3ccccc3)cn2)cc(N2CN(c3c(-c4ccccc4)cccc3-c3ccccc3)c3ccccc32)c([2H])c1[2H]. The number of rotatable bonds is 10. The monoisotopic (exact) mass is 969 g/mol. The maximum absolute atomic E-state index is 9.59. The number of aromatic nitrogens is 2. The number of benzene rings is 10. The van der Waals surface area contributed by atoms with Crippen molar-refractivity contribution in [2.24, 2.45) is 0 Å². The largest absolute Gasteiger partial charge is 0.457 e. The van der Waals surface area contributed by atoms with E-state index in [9.17, 15) is 4.11 Å². The van der Waals surface area contributed by atoms with E-state index >= 15 is 0 Å². The van der Waals surface area contributed by atoms with Crippen LogP contribution in [0.4, 0.5) is 22.7 Å². The molecule has 75 heavy (non-hydrogen) atoms. The predicted molar refractivity (Wildman–Crippen MR) is 313 cm³/mol. The van der Waals surface area contributed by atoms with Crippen molar-refractivity contribution in [3.05, 3.63) is 266 Å². The summed E-state index contributed by atoms with van der Waals surface area (Å²) in [6.45, 7) is 7.07. The second-order valence-corrected chi connectivity index (χ2v) is 20.2. The Labute approximate surface area is 443 Å². The fourth-order valence-electron chi connectivity index (χ4n) is 10.9. The van der Waals surface area contributed by atoms with Crippen molar-refractivity contribution < 1.29 is 8.85 Å². The normalized spacial score (nSPS) is 12.9. The van der Waals surface area contributed by atoms with Crippen LogP contribution >= 0.6 is 0 Å². The van der Waals surface area contributed by atoms with Gasteiger partial charge in [0.05, 0.1) is 32.2 Å². The zero-order valence-corrected chi connectivity index (χ0v) is 42.0. The molecule has 3 heterocycles. The van der Waals surface area contributed by atoms with Gasteiger partial charge in [-0.05, 0) is 92.8 Å². The highest BCUT2D eigenvalue weighted by Crippen LogP contribution is 2.51. The van der Waals surface area contributed by atoms with Crippen LogP contribution in [-0.2, 0) is 5.41 Å². The molecule has 5 heteroatoms. The molecule has 2 aromatic heterocycles. The molecule has 1 aliphatic heterocycles. The lowest BCUT2D eigenvalue weighted by Gasteiger charge is -2.27. The molecular formula is C70H54N4O. The number of para-hydroxylation sites is 3. The van der Waals surface area contributed by atoms with E-state index in [1.807, 2.05) is 60.8 Å². The first-order valence-corrected chi connectivity index (χ1v) is 25.5. The summed E-state index contributed by atoms with van der Waals surface area (Å²) in [4.78, 5) is 9.66. The minimum absolute atomic E-state index is 0.0589. The molecule has 13 rings (SSSR count). The lowest BCUT2D eigenvalue weighted by molar-refractivity contribution is 0.485. The first-order chi connectivity index (χ1) is 38.1. The van der Waals surface area contributed by atoms with Crippen LogP contribution in [0.25, 0.3) is 83.3 Å². The van der Waals surface area contributed by atoms with Gasteiger partial charge in [0.1, 0.15) is 24.0 Å². The van der Waals surface area contributed by atoms with Gasteiger partial charge in [0.25, 0.3) is 0 Å². The minimum atomic E-state index is -0.226. The Morgan fingerprint density at radius 2 is 0.987 bits per heavy atom. The van der Waals surface area contributed by atoms with Crippen molar-refractivity contribution in [1.82, 2.24) is 9.55 Å². The molecule has 1 aliphatic rings. The predicted octanol–water partition coefficient (Wildman–Crippen LogP) is 18.9. The second-order valence-electron chi connectivity index (χ2n) is 20.2. The highest BCUT2D eigenvalue weighted by Gasteiger charge is 2.32. The van der Waals surface area contributed by atoms with Crippen LogP contribution in [0.3, 0.4) is 0 Å². The van der Waals surface area contributed by atoms with Crippen LogP contribution in [0.2, 0.25) is 0 Å². The summed E-state index contributed by atoms with van der Waals surface area (Å²) in [5, 5.41) is 2.06. The van der Waals surface area contributed by atoms with E-state index in [4.69, 9.17) is 9.72 Å². The van der Waals surface area contributed by atoms with Crippen LogP contribution in [0.15, 0.2) is 261 Å². The molecule has 0 fully saturated rings. The van der Waals surface area contributed by atoms with Gasteiger partial charge in [0, 0.05) is 57.0 Å². The van der Waals surface area contributed by atoms with Crippen LogP contribution in [0, 0.1) is 0 Å². The molecule has 0 bridgehead atoms. The second kappa shape index (κ2) is 18.9. The molecule has 10 aromatic carbocycles. The van der Waals surface area contributed by atoms with Crippen LogP contribution in [0.1, 0.15) is 30.4 Å². The summed E-state index contributed by atoms with van der Waals surface area (Å²) in [5.41, 5.74) is 16.6. The molecule has 0 unspecified atom stereocenters. The van der Waals surface area contributed by atoms with E-state index in [1.165, 1.54) is 5.56 Å².